The molecule has 1 aromatic rings. The fourth-order valence-corrected chi connectivity index (χ4v) is 6.15. The monoisotopic (exact) mass is 443 g/mol. The molecule has 1 aliphatic heterocycles. The van der Waals surface area contributed by atoms with E-state index in [9.17, 15) is 4.79 Å². The molecule has 0 aromatic heterocycles. The fourth-order valence-electron chi connectivity index (χ4n) is 6.15. The van der Waals surface area contributed by atoms with E-state index < -0.39 is 0 Å². The van der Waals surface area contributed by atoms with Crippen molar-refractivity contribution in [2.75, 3.05) is 14.2 Å². The molecule has 3 atom stereocenters. The first kappa shape index (κ1) is 23.7. The van der Waals surface area contributed by atoms with Gasteiger partial charge in [-0.25, -0.2) is 0 Å². The summed E-state index contributed by atoms with van der Waals surface area (Å²) < 4.78 is 25.6. The molecule has 1 saturated heterocycles. The SMILES string of the molecule is COC1([C@H]2OB(CCC(NC(C)=O)c3ccccc3)O[C@@H]2C2(OC)CCCC2)CCCC1. The van der Waals surface area contributed by atoms with Crippen LogP contribution in [0.3, 0.4) is 0 Å². The van der Waals surface area contributed by atoms with Gasteiger partial charge in [-0.2, -0.15) is 0 Å². The van der Waals surface area contributed by atoms with Crippen LogP contribution >= 0.6 is 0 Å². The van der Waals surface area contributed by atoms with Crippen LogP contribution in [0.25, 0.3) is 0 Å². The lowest BCUT2D eigenvalue weighted by Crippen LogP contribution is -2.56. The number of nitrogens with one attached hydrogen (secondary N) is 1. The van der Waals surface area contributed by atoms with Crippen molar-refractivity contribution in [1.29, 1.82) is 0 Å². The van der Waals surface area contributed by atoms with Crippen LogP contribution in [-0.4, -0.2) is 50.7 Å². The van der Waals surface area contributed by atoms with Gasteiger partial charge in [0.25, 0.3) is 0 Å². The summed E-state index contributed by atoms with van der Waals surface area (Å²) in [6.07, 6.45) is 9.81. The number of rotatable bonds is 9. The van der Waals surface area contributed by atoms with Crippen LogP contribution in [0.4, 0.5) is 0 Å². The minimum atomic E-state index is -0.328. The highest BCUT2D eigenvalue weighted by Gasteiger charge is 2.59. The summed E-state index contributed by atoms with van der Waals surface area (Å²) in [5, 5.41) is 3.09. The number of methoxy groups -OCH3 is 2. The maximum absolute atomic E-state index is 11.8. The Balaban J connectivity index is 1.51. The summed E-state index contributed by atoms with van der Waals surface area (Å²) in [7, 11) is 3.30. The van der Waals surface area contributed by atoms with Crippen molar-refractivity contribution in [2.24, 2.45) is 0 Å². The maximum Gasteiger partial charge on any atom is 0.457 e. The Morgan fingerprint density at radius 1 is 1.00 bits per heavy atom. The first-order chi connectivity index (χ1) is 15.5. The average Bonchev–Trinajstić information content (AvgIpc) is 3.57. The molecule has 7 heteroatoms. The molecule has 0 radical (unpaired) electrons. The van der Waals surface area contributed by atoms with Gasteiger partial charge in [-0.15, -0.1) is 0 Å². The van der Waals surface area contributed by atoms with E-state index in [2.05, 4.69) is 17.4 Å². The van der Waals surface area contributed by atoms with E-state index >= 15 is 0 Å². The lowest BCUT2D eigenvalue weighted by atomic mass is 9.80. The van der Waals surface area contributed by atoms with Crippen LogP contribution < -0.4 is 5.32 Å². The van der Waals surface area contributed by atoms with Crippen LogP contribution in [0.1, 0.15) is 76.3 Å². The van der Waals surface area contributed by atoms with Gasteiger partial charge in [-0.1, -0.05) is 56.0 Å². The summed E-state index contributed by atoms with van der Waals surface area (Å²) in [4.78, 5) is 11.8. The van der Waals surface area contributed by atoms with Gasteiger partial charge >= 0.3 is 7.12 Å². The summed E-state index contributed by atoms with van der Waals surface area (Å²) in [5.41, 5.74) is 0.496. The van der Waals surface area contributed by atoms with E-state index in [4.69, 9.17) is 18.8 Å². The second-order valence-corrected chi connectivity index (χ2v) is 9.74. The molecule has 6 nitrogen and oxygen atoms in total. The second kappa shape index (κ2) is 10.2. The molecule has 2 saturated carbocycles. The van der Waals surface area contributed by atoms with Gasteiger partial charge in [0.1, 0.15) is 0 Å². The van der Waals surface area contributed by atoms with Gasteiger partial charge in [0.2, 0.25) is 5.91 Å². The smallest absolute Gasteiger partial charge is 0.403 e. The molecular formula is C25H38BNO5. The standard InChI is InChI=1S/C25H38BNO5/c1-19(28)27-21(20-11-5-4-6-12-20)13-18-26-31-22(24(29-2)14-7-8-15-24)23(32-26)25(30-3)16-9-10-17-25/h4-6,11-12,21-23H,7-10,13-18H2,1-3H3,(H,27,28)/t21?,22-,23-/m0/s1. The highest BCUT2D eigenvalue weighted by atomic mass is 16.7. The van der Waals surface area contributed by atoms with Crippen molar-refractivity contribution in [2.45, 2.75) is 100 Å². The Hall–Kier alpha value is -1.41. The van der Waals surface area contributed by atoms with Crippen molar-refractivity contribution in [3.05, 3.63) is 35.9 Å². The summed E-state index contributed by atoms with van der Waals surface area (Å²) >= 11 is 0. The van der Waals surface area contributed by atoms with Crippen molar-refractivity contribution in [1.82, 2.24) is 5.32 Å². The molecule has 1 heterocycles. The molecule has 0 bridgehead atoms. The van der Waals surface area contributed by atoms with E-state index in [1.165, 1.54) is 0 Å². The summed E-state index contributed by atoms with van der Waals surface area (Å²) in [5.74, 6) is -0.0311. The quantitative estimate of drug-likeness (QED) is 0.572. The first-order valence-corrected chi connectivity index (χ1v) is 12.3. The van der Waals surface area contributed by atoms with Crippen molar-refractivity contribution >= 4 is 13.0 Å². The van der Waals surface area contributed by atoms with Crippen molar-refractivity contribution < 1.29 is 23.6 Å². The number of benzene rings is 1. The molecule has 32 heavy (non-hydrogen) atoms. The normalized spacial score (nSPS) is 27.5. The minimum Gasteiger partial charge on any atom is -0.403 e. The van der Waals surface area contributed by atoms with Gasteiger partial charge in [0, 0.05) is 21.1 Å². The van der Waals surface area contributed by atoms with Gasteiger partial charge < -0.3 is 24.1 Å². The third kappa shape index (κ3) is 4.77. The molecule has 176 valence electrons. The zero-order chi connectivity index (χ0) is 22.6. The van der Waals surface area contributed by atoms with Crippen molar-refractivity contribution in [3.63, 3.8) is 0 Å². The molecular weight excluding hydrogens is 405 g/mol. The third-order valence-corrected chi connectivity index (χ3v) is 7.89. The Kier molecular flexibility index (Phi) is 7.60. The minimum absolute atomic E-state index is 0.0311. The molecule has 1 unspecified atom stereocenters. The van der Waals surface area contributed by atoms with Crippen LogP contribution in [0.5, 0.6) is 0 Å². The number of hydrogen-bond donors (Lipinski definition) is 1. The van der Waals surface area contributed by atoms with Crippen LogP contribution in [0, 0.1) is 0 Å². The van der Waals surface area contributed by atoms with E-state index in [-0.39, 0.29) is 42.5 Å². The van der Waals surface area contributed by atoms with Gasteiger partial charge in [-0.3, -0.25) is 4.79 Å². The highest BCUT2D eigenvalue weighted by molar-refractivity contribution is 6.45. The maximum atomic E-state index is 11.8. The summed E-state index contributed by atoms with van der Waals surface area (Å²) in [6.45, 7) is 1.56. The van der Waals surface area contributed by atoms with E-state index in [1.54, 1.807) is 6.92 Å². The number of carbonyl (C=O) groups is 1. The predicted molar refractivity (Wildman–Crippen MR) is 124 cm³/mol. The van der Waals surface area contributed by atoms with Gasteiger partial charge in [0.05, 0.1) is 29.5 Å². The topological polar surface area (TPSA) is 66.0 Å². The molecule has 1 amide bonds. The molecule has 1 N–H and O–H groups in total. The van der Waals surface area contributed by atoms with E-state index in [0.717, 1.165) is 63.4 Å². The fraction of sp³-hybridized carbons (Fsp3) is 0.720. The van der Waals surface area contributed by atoms with E-state index in [1.807, 2.05) is 32.4 Å². The molecule has 0 spiro atoms. The lowest BCUT2D eigenvalue weighted by molar-refractivity contribution is -0.153. The zero-order valence-corrected chi connectivity index (χ0v) is 19.8. The molecule has 3 aliphatic rings. The predicted octanol–water partition coefficient (Wildman–Crippen LogP) is 4.44. The molecule has 4 rings (SSSR count). The Morgan fingerprint density at radius 3 is 1.94 bits per heavy atom. The Morgan fingerprint density at radius 2 is 1.50 bits per heavy atom. The molecule has 3 fully saturated rings. The van der Waals surface area contributed by atoms with Crippen LogP contribution in [-0.2, 0) is 23.6 Å². The van der Waals surface area contributed by atoms with Crippen LogP contribution in [0.2, 0.25) is 6.32 Å². The van der Waals surface area contributed by atoms with Crippen molar-refractivity contribution in [3.8, 4) is 0 Å². The highest BCUT2D eigenvalue weighted by Crippen LogP contribution is 2.49. The number of ether oxygens (including phenoxy) is 2. The third-order valence-electron chi connectivity index (χ3n) is 7.89. The number of hydrogen-bond acceptors (Lipinski definition) is 5. The lowest BCUT2D eigenvalue weighted by Gasteiger charge is -2.43. The van der Waals surface area contributed by atoms with Crippen LogP contribution in [0.15, 0.2) is 30.3 Å². The Bertz CT molecular complexity index is 716. The van der Waals surface area contributed by atoms with Gasteiger partial charge in [-0.05, 0) is 44.0 Å². The average molecular weight is 443 g/mol. The molecule has 1 aromatic carbocycles. The summed E-state index contributed by atoms with van der Waals surface area (Å²) in [6, 6.07) is 10.0. The van der Waals surface area contributed by atoms with Gasteiger partial charge in [0.15, 0.2) is 0 Å². The number of carbonyl (C=O) groups excluding carboxylic acids is 1. The first-order valence-electron chi connectivity index (χ1n) is 12.3. The zero-order valence-electron chi connectivity index (χ0n) is 19.8. The number of amides is 1. The largest absolute Gasteiger partial charge is 0.457 e. The molecule has 2 aliphatic carbocycles. The Labute approximate surface area is 192 Å². The van der Waals surface area contributed by atoms with E-state index in [0.29, 0.717) is 6.32 Å². The second-order valence-electron chi connectivity index (χ2n) is 9.74.